The summed E-state index contributed by atoms with van der Waals surface area (Å²) in [5, 5.41) is 11.8. The molecule has 1 rings (SSSR count). The van der Waals surface area contributed by atoms with Crippen LogP contribution in [0.2, 0.25) is 0 Å². The van der Waals surface area contributed by atoms with Gasteiger partial charge in [0.15, 0.2) is 0 Å². The predicted octanol–water partition coefficient (Wildman–Crippen LogP) is 4.23. The van der Waals surface area contributed by atoms with Crippen molar-refractivity contribution >= 4 is 5.69 Å². The maximum Gasteiger partial charge on any atom is 0.389 e. The second-order valence-electron chi connectivity index (χ2n) is 4.35. The van der Waals surface area contributed by atoms with Gasteiger partial charge in [0.05, 0.1) is 11.3 Å². The van der Waals surface area contributed by atoms with E-state index in [1.807, 2.05) is 6.07 Å². The summed E-state index contributed by atoms with van der Waals surface area (Å²) < 4.78 is 48.9. The maximum absolute atomic E-state index is 12.9. The molecule has 6 heteroatoms. The monoisotopic (exact) mass is 274 g/mol. The molecule has 0 aliphatic rings. The van der Waals surface area contributed by atoms with Gasteiger partial charge in [0.1, 0.15) is 11.9 Å². The number of hydrogen-bond donors (Lipinski definition) is 1. The average molecular weight is 274 g/mol. The van der Waals surface area contributed by atoms with Crippen LogP contribution in [0.15, 0.2) is 18.2 Å². The Morgan fingerprint density at radius 2 is 2.05 bits per heavy atom. The highest BCUT2D eigenvalue weighted by Crippen LogP contribution is 2.24. The van der Waals surface area contributed by atoms with Gasteiger partial charge in [-0.3, -0.25) is 0 Å². The Morgan fingerprint density at radius 1 is 1.37 bits per heavy atom. The molecule has 0 aliphatic heterocycles. The molecule has 0 aromatic heterocycles. The van der Waals surface area contributed by atoms with Crippen molar-refractivity contribution in [3.63, 3.8) is 0 Å². The second kappa shape index (κ2) is 6.41. The summed E-state index contributed by atoms with van der Waals surface area (Å²) in [5.41, 5.74) is 0.575. The number of nitrogens with zero attached hydrogens (tertiary/aromatic N) is 1. The van der Waals surface area contributed by atoms with Crippen molar-refractivity contribution in [3.8, 4) is 6.07 Å². The maximum atomic E-state index is 12.9. The molecule has 104 valence electrons. The zero-order valence-electron chi connectivity index (χ0n) is 10.4. The molecule has 0 aliphatic carbocycles. The Labute approximate surface area is 109 Å². The third kappa shape index (κ3) is 5.60. The van der Waals surface area contributed by atoms with Crippen molar-refractivity contribution in [3.05, 3.63) is 29.6 Å². The number of rotatable bonds is 5. The molecule has 0 saturated heterocycles. The Balaban J connectivity index is 2.53. The van der Waals surface area contributed by atoms with Gasteiger partial charge in [-0.1, -0.05) is 0 Å². The Kier molecular flexibility index (Phi) is 5.16. The number of hydrogen-bond acceptors (Lipinski definition) is 2. The fourth-order valence-electron chi connectivity index (χ4n) is 1.68. The lowest BCUT2D eigenvalue weighted by atomic mass is 10.1. The molecule has 0 amide bonds. The van der Waals surface area contributed by atoms with Crippen LogP contribution in [0.25, 0.3) is 0 Å². The van der Waals surface area contributed by atoms with E-state index in [2.05, 4.69) is 5.32 Å². The molecule has 1 N–H and O–H groups in total. The van der Waals surface area contributed by atoms with E-state index in [1.165, 1.54) is 12.1 Å². The minimum absolute atomic E-state index is 0.0146. The van der Waals surface area contributed by atoms with E-state index < -0.39 is 18.4 Å². The number of anilines is 1. The molecule has 0 heterocycles. The highest BCUT2D eigenvalue weighted by Gasteiger charge is 2.26. The third-order valence-electron chi connectivity index (χ3n) is 2.60. The van der Waals surface area contributed by atoms with Crippen molar-refractivity contribution in [1.82, 2.24) is 0 Å². The van der Waals surface area contributed by atoms with Gasteiger partial charge in [-0.25, -0.2) is 4.39 Å². The molecule has 1 unspecified atom stereocenters. The summed E-state index contributed by atoms with van der Waals surface area (Å²) >= 11 is 0. The first-order valence-corrected chi connectivity index (χ1v) is 5.85. The predicted molar refractivity (Wildman–Crippen MR) is 64.1 cm³/mol. The molecule has 0 fully saturated rings. The van der Waals surface area contributed by atoms with Crippen LogP contribution < -0.4 is 5.32 Å². The van der Waals surface area contributed by atoms with Crippen molar-refractivity contribution in [2.24, 2.45) is 0 Å². The highest BCUT2D eigenvalue weighted by atomic mass is 19.4. The standard InChI is InChI=1S/C13H14F4N2/c1-9(3-2-6-13(15,16)17)19-12-5-4-11(14)7-10(12)8-18/h4-5,7,9,19H,2-3,6H2,1H3. The smallest absolute Gasteiger partial charge is 0.382 e. The van der Waals surface area contributed by atoms with Crippen molar-refractivity contribution in [2.75, 3.05) is 5.32 Å². The van der Waals surface area contributed by atoms with Gasteiger partial charge in [0.25, 0.3) is 0 Å². The molecule has 0 spiro atoms. The van der Waals surface area contributed by atoms with Crippen LogP contribution in [0.3, 0.4) is 0 Å². The number of benzene rings is 1. The highest BCUT2D eigenvalue weighted by molar-refractivity contribution is 5.57. The van der Waals surface area contributed by atoms with E-state index in [0.717, 1.165) is 6.07 Å². The van der Waals surface area contributed by atoms with E-state index in [1.54, 1.807) is 6.92 Å². The molecular weight excluding hydrogens is 260 g/mol. The molecule has 1 aromatic carbocycles. The van der Waals surface area contributed by atoms with Gasteiger partial charge < -0.3 is 5.32 Å². The lowest BCUT2D eigenvalue weighted by Crippen LogP contribution is -2.17. The lowest BCUT2D eigenvalue weighted by molar-refractivity contribution is -0.135. The summed E-state index contributed by atoms with van der Waals surface area (Å²) in [5.74, 6) is -0.521. The molecular formula is C13H14F4N2. The van der Waals surface area contributed by atoms with Crippen molar-refractivity contribution < 1.29 is 17.6 Å². The van der Waals surface area contributed by atoms with E-state index in [0.29, 0.717) is 12.1 Å². The first-order chi connectivity index (χ1) is 8.81. The SMILES string of the molecule is CC(CCCC(F)(F)F)Nc1ccc(F)cc1C#N. The van der Waals surface area contributed by atoms with Gasteiger partial charge in [-0.05, 0) is 38.0 Å². The fraction of sp³-hybridized carbons (Fsp3) is 0.462. The summed E-state index contributed by atoms with van der Waals surface area (Å²) in [6, 6.07) is 5.32. The molecule has 0 bridgehead atoms. The van der Waals surface area contributed by atoms with Crippen LogP contribution in [0.5, 0.6) is 0 Å². The Morgan fingerprint density at radius 3 is 2.63 bits per heavy atom. The normalized spacial score (nSPS) is 12.8. The minimum atomic E-state index is -4.15. The Hall–Kier alpha value is -1.77. The Bertz CT molecular complexity index is 463. The van der Waals surface area contributed by atoms with Crippen LogP contribution in [0.1, 0.15) is 31.7 Å². The molecule has 1 aromatic rings. The first kappa shape index (κ1) is 15.3. The zero-order valence-corrected chi connectivity index (χ0v) is 10.4. The molecule has 19 heavy (non-hydrogen) atoms. The fourth-order valence-corrected chi connectivity index (χ4v) is 1.68. The summed E-state index contributed by atoms with van der Waals surface area (Å²) in [7, 11) is 0. The quantitative estimate of drug-likeness (QED) is 0.815. The van der Waals surface area contributed by atoms with Crippen LogP contribution >= 0.6 is 0 Å². The van der Waals surface area contributed by atoms with E-state index in [4.69, 9.17) is 5.26 Å². The van der Waals surface area contributed by atoms with E-state index >= 15 is 0 Å². The second-order valence-corrected chi connectivity index (χ2v) is 4.35. The molecule has 0 radical (unpaired) electrons. The number of halogens is 4. The molecule has 2 nitrogen and oxygen atoms in total. The van der Waals surface area contributed by atoms with Crippen molar-refractivity contribution in [2.45, 2.75) is 38.4 Å². The van der Waals surface area contributed by atoms with Crippen LogP contribution in [0.4, 0.5) is 23.2 Å². The first-order valence-electron chi connectivity index (χ1n) is 5.85. The van der Waals surface area contributed by atoms with Crippen LogP contribution in [-0.2, 0) is 0 Å². The molecule has 0 saturated carbocycles. The van der Waals surface area contributed by atoms with Crippen molar-refractivity contribution in [1.29, 1.82) is 5.26 Å². The van der Waals surface area contributed by atoms with Gasteiger partial charge >= 0.3 is 6.18 Å². The topological polar surface area (TPSA) is 35.8 Å². The number of nitrogens with one attached hydrogen (secondary N) is 1. The average Bonchev–Trinajstić information content (AvgIpc) is 2.29. The lowest BCUT2D eigenvalue weighted by Gasteiger charge is -2.16. The van der Waals surface area contributed by atoms with Gasteiger partial charge in [-0.15, -0.1) is 0 Å². The number of nitriles is 1. The van der Waals surface area contributed by atoms with E-state index in [9.17, 15) is 17.6 Å². The summed E-state index contributed by atoms with van der Waals surface area (Å²) in [6.07, 6.45) is -4.64. The van der Waals surface area contributed by atoms with Gasteiger partial charge in [0, 0.05) is 12.5 Å². The van der Waals surface area contributed by atoms with Gasteiger partial charge in [0.2, 0.25) is 0 Å². The number of alkyl halides is 3. The van der Waals surface area contributed by atoms with E-state index in [-0.39, 0.29) is 18.0 Å². The summed E-state index contributed by atoms with van der Waals surface area (Å²) in [4.78, 5) is 0. The summed E-state index contributed by atoms with van der Waals surface area (Å²) in [6.45, 7) is 1.72. The van der Waals surface area contributed by atoms with Gasteiger partial charge in [-0.2, -0.15) is 18.4 Å². The van der Waals surface area contributed by atoms with Crippen LogP contribution in [0, 0.1) is 17.1 Å². The third-order valence-corrected chi connectivity index (χ3v) is 2.60. The molecule has 1 atom stereocenters. The van der Waals surface area contributed by atoms with Crippen LogP contribution in [-0.4, -0.2) is 12.2 Å². The zero-order chi connectivity index (χ0) is 14.5. The largest absolute Gasteiger partial charge is 0.389 e. The minimum Gasteiger partial charge on any atom is -0.382 e.